The van der Waals surface area contributed by atoms with Crippen LogP contribution in [0.1, 0.15) is 110 Å². The maximum atomic E-state index is 10.4. The lowest BCUT2D eigenvalue weighted by Crippen LogP contribution is -2.16. The minimum absolute atomic E-state index is 0.306. The SMILES string of the molecule is CCCCCCCCCCCCCCCNCCCCC(=O)O. The molecule has 0 unspecified atom stereocenters. The van der Waals surface area contributed by atoms with Crippen LogP contribution in [0, 0.1) is 0 Å². The third-order valence-electron chi connectivity index (χ3n) is 4.45. The average molecular weight is 328 g/mol. The van der Waals surface area contributed by atoms with Crippen LogP contribution < -0.4 is 5.32 Å². The maximum absolute atomic E-state index is 10.4. The molecule has 0 rings (SSSR count). The molecular weight excluding hydrogens is 286 g/mol. The van der Waals surface area contributed by atoms with Gasteiger partial charge in [-0.15, -0.1) is 0 Å². The van der Waals surface area contributed by atoms with Crippen LogP contribution in [0.25, 0.3) is 0 Å². The Morgan fingerprint density at radius 2 is 1.04 bits per heavy atom. The van der Waals surface area contributed by atoms with Crippen molar-refractivity contribution in [2.45, 2.75) is 110 Å². The maximum Gasteiger partial charge on any atom is 0.303 e. The molecule has 0 aromatic heterocycles. The molecule has 2 N–H and O–H groups in total. The molecule has 0 heterocycles. The van der Waals surface area contributed by atoms with E-state index >= 15 is 0 Å². The van der Waals surface area contributed by atoms with Gasteiger partial charge in [0.05, 0.1) is 0 Å². The van der Waals surface area contributed by atoms with E-state index in [1.807, 2.05) is 0 Å². The highest BCUT2D eigenvalue weighted by atomic mass is 16.4. The van der Waals surface area contributed by atoms with Crippen LogP contribution in [0.15, 0.2) is 0 Å². The summed E-state index contributed by atoms with van der Waals surface area (Å²) in [5.41, 5.74) is 0. The molecule has 23 heavy (non-hydrogen) atoms. The van der Waals surface area contributed by atoms with Crippen LogP contribution in [-0.2, 0) is 4.79 Å². The van der Waals surface area contributed by atoms with Gasteiger partial charge in [0.2, 0.25) is 0 Å². The fourth-order valence-corrected chi connectivity index (χ4v) is 2.92. The van der Waals surface area contributed by atoms with E-state index in [0.717, 1.165) is 25.9 Å². The summed E-state index contributed by atoms with van der Waals surface area (Å²) in [6.45, 7) is 4.33. The molecule has 0 fully saturated rings. The van der Waals surface area contributed by atoms with Gasteiger partial charge in [0.25, 0.3) is 0 Å². The zero-order valence-corrected chi connectivity index (χ0v) is 15.6. The number of rotatable bonds is 19. The van der Waals surface area contributed by atoms with Crippen molar-refractivity contribution in [1.29, 1.82) is 0 Å². The molecule has 3 nitrogen and oxygen atoms in total. The summed E-state index contributed by atoms with van der Waals surface area (Å²) in [7, 11) is 0. The predicted molar refractivity (Wildman–Crippen MR) is 100 cm³/mol. The van der Waals surface area contributed by atoms with E-state index in [9.17, 15) is 4.79 Å². The highest BCUT2D eigenvalue weighted by molar-refractivity contribution is 5.66. The van der Waals surface area contributed by atoms with Crippen molar-refractivity contribution in [2.24, 2.45) is 0 Å². The van der Waals surface area contributed by atoms with Gasteiger partial charge in [0.1, 0.15) is 0 Å². The highest BCUT2D eigenvalue weighted by Crippen LogP contribution is 2.12. The van der Waals surface area contributed by atoms with Crippen molar-refractivity contribution in [2.75, 3.05) is 13.1 Å². The van der Waals surface area contributed by atoms with Gasteiger partial charge < -0.3 is 10.4 Å². The van der Waals surface area contributed by atoms with E-state index in [0.29, 0.717) is 6.42 Å². The highest BCUT2D eigenvalue weighted by Gasteiger charge is 1.96. The molecule has 0 saturated heterocycles. The molecule has 0 saturated carbocycles. The molecule has 0 aliphatic rings. The topological polar surface area (TPSA) is 49.3 Å². The Morgan fingerprint density at radius 1 is 0.652 bits per heavy atom. The Morgan fingerprint density at radius 3 is 1.48 bits per heavy atom. The second-order valence-corrected chi connectivity index (χ2v) is 6.84. The summed E-state index contributed by atoms with van der Waals surface area (Å²) in [5, 5.41) is 11.9. The molecular formula is C20H41NO2. The zero-order valence-electron chi connectivity index (χ0n) is 15.6. The molecule has 0 radical (unpaired) electrons. The second kappa shape index (κ2) is 19.5. The molecule has 0 amide bonds. The van der Waals surface area contributed by atoms with Crippen molar-refractivity contribution in [3.05, 3.63) is 0 Å². The first-order chi connectivity index (χ1) is 11.3. The summed E-state index contributed by atoms with van der Waals surface area (Å²) in [6.07, 6.45) is 20.2. The normalized spacial score (nSPS) is 11.0. The first-order valence-electron chi connectivity index (χ1n) is 10.2. The van der Waals surface area contributed by atoms with E-state index in [1.54, 1.807) is 0 Å². The van der Waals surface area contributed by atoms with Gasteiger partial charge in [-0.1, -0.05) is 84.0 Å². The van der Waals surface area contributed by atoms with Gasteiger partial charge in [-0.2, -0.15) is 0 Å². The molecule has 0 aliphatic heterocycles. The smallest absolute Gasteiger partial charge is 0.303 e. The van der Waals surface area contributed by atoms with Gasteiger partial charge in [0, 0.05) is 6.42 Å². The Kier molecular flexibility index (Phi) is 19.0. The number of nitrogens with one attached hydrogen (secondary N) is 1. The van der Waals surface area contributed by atoms with Crippen LogP contribution in [0.3, 0.4) is 0 Å². The van der Waals surface area contributed by atoms with E-state index < -0.39 is 5.97 Å². The Balaban J connectivity index is 2.96. The molecule has 0 aromatic carbocycles. The average Bonchev–Trinajstić information content (AvgIpc) is 2.53. The van der Waals surface area contributed by atoms with Crippen LogP contribution in [0.5, 0.6) is 0 Å². The number of hydrogen-bond acceptors (Lipinski definition) is 2. The van der Waals surface area contributed by atoms with Gasteiger partial charge in [-0.25, -0.2) is 0 Å². The fourth-order valence-electron chi connectivity index (χ4n) is 2.92. The van der Waals surface area contributed by atoms with E-state index in [-0.39, 0.29) is 0 Å². The van der Waals surface area contributed by atoms with Gasteiger partial charge in [-0.05, 0) is 32.4 Å². The summed E-state index contributed by atoms with van der Waals surface area (Å²) >= 11 is 0. The quantitative estimate of drug-likeness (QED) is 0.289. The molecule has 3 heteroatoms. The van der Waals surface area contributed by atoms with Crippen molar-refractivity contribution >= 4 is 5.97 Å². The monoisotopic (exact) mass is 327 g/mol. The van der Waals surface area contributed by atoms with E-state index in [1.165, 1.54) is 83.5 Å². The lowest BCUT2D eigenvalue weighted by molar-refractivity contribution is -0.137. The Bertz CT molecular complexity index is 244. The van der Waals surface area contributed by atoms with Crippen LogP contribution in [0.4, 0.5) is 0 Å². The number of unbranched alkanes of at least 4 members (excludes halogenated alkanes) is 13. The number of carboxylic acid groups (broad SMARTS) is 1. The first kappa shape index (κ1) is 22.4. The van der Waals surface area contributed by atoms with Gasteiger partial charge in [-0.3, -0.25) is 4.79 Å². The largest absolute Gasteiger partial charge is 0.481 e. The lowest BCUT2D eigenvalue weighted by Gasteiger charge is -2.05. The minimum Gasteiger partial charge on any atom is -0.481 e. The first-order valence-corrected chi connectivity index (χ1v) is 10.2. The van der Waals surface area contributed by atoms with Crippen molar-refractivity contribution in [1.82, 2.24) is 5.32 Å². The molecule has 0 aromatic rings. The molecule has 0 aliphatic carbocycles. The third kappa shape index (κ3) is 21.4. The van der Waals surface area contributed by atoms with Gasteiger partial charge in [0.15, 0.2) is 0 Å². The standard InChI is InChI=1S/C20H41NO2/c1-2-3-4-5-6-7-8-9-10-11-12-13-15-18-21-19-16-14-17-20(22)23/h21H,2-19H2,1H3,(H,22,23). The molecule has 0 spiro atoms. The second-order valence-electron chi connectivity index (χ2n) is 6.84. The summed E-state index contributed by atoms with van der Waals surface area (Å²) in [5.74, 6) is -0.679. The lowest BCUT2D eigenvalue weighted by atomic mass is 10.0. The Labute approximate surface area is 144 Å². The molecule has 0 bridgehead atoms. The number of hydrogen-bond donors (Lipinski definition) is 2. The Hall–Kier alpha value is -0.570. The third-order valence-corrected chi connectivity index (χ3v) is 4.45. The summed E-state index contributed by atoms with van der Waals surface area (Å²) < 4.78 is 0. The van der Waals surface area contributed by atoms with Crippen molar-refractivity contribution in [3.8, 4) is 0 Å². The van der Waals surface area contributed by atoms with Crippen molar-refractivity contribution < 1.29 is 9.90 Å². The number of aliphatic carboxylic acids is 1. The number of carbonyl (C=O) groups is 1. The van der Waals surface area contributed by atoms with Crippen LogP contribution >= 0.6 is 0 Å². The van der Waals surface area contributed by atoms with Gasteiger partial charge >= 0.3 is 5.97 Å². The predicted octanol–water partition coefficient (Wildman–Crippen LogP) is 5.92. The van der Waals surface area contributed by atoms with E-state index in [2.05, 4.69) is 12.2 Å². The van der Waals surface area contributed by atoms with Crippen molar-refractivity contribution in [3.63, 3.8) is 0 Å². The molecule has 0 atom stereocenters. The summed E-state index contributed by atoms with van der Waals surface area (Å²) in [4.78, 5) is 10.4. The molecule has 138 valence electrons. The minimum atomic E-state index is -0.679. The van der Waals surface area contributed by atoms with E-state index in [4.69, 9.17) is 5.11 Å². The zero-order chi connectivity index (χ0) is 17.0. The number of carboxylic acids is 1. The van der Waals surface area contributed by atoms with Crippen LogP contribution in [0.2, 0.25) is 0 Å². The van der Waals surface area contributed by atoms with Crippen LogP contribution in [-0.4, -0.2) is 24.2 Å². The fraction of sp³-hybridized carbons (Fsp3) is 0.950. The summed E-state index contributed by atoms with van der Waals surface area (Å²) in [6, 6.07) is 0.